The zero-order valence-corrected chi connectivity index (χ0v) is 14.8. The van der Waals surface area contributed by atoms with E-state index in [1.165, 1.54) is 5.56 Å². The van der Waals surface area contributed by atoms with Gasteiger partial charge in [-0.1, -0.05) is 56.6 Å². The first kappa shape index (κ1) is 17.6. The highest BCUT2D eigenvalue weighted by Gasteiger charge is 2.13. The topological polar surface area (TPSA) is 29.1 Å². The molecule has 3 heteroatoms. The predicted octanol–water partition coefficient (Wildman–Crippen LogP) is 4.90. The second-order valence-corrected chi connectivity index (χ2v) is 7.51. The van der Waals surface area contributed by atoms with Crippen LogP contribution in [0.1, 0.15) is 42.3 Å². The van der Waals surface area contributed by atoms with Crippen molar-refractivity contribution in [1.29, 1.82) is 0 Å². The van der Waals surface area contributed by atoms with Gasteiger partial charge in [0.05, 0.1) is 0 Å². The summed E-state index contributed by atoms with van der Waals surface area (Å²) in [5.74, 6) is -0.0252. The molecule has 0 aromatic heterocycles. The van der Waals surface area contributed by atoms with Crippen molar-refractivity contribution in [2.75, 3.05) is 6.54 Å². The molecule has 2 aromatic rings. The second kappa shape index (κ2) is 7.65. The third kappa shape index (κ3) is 6.07. The van der Waals surface area contributed by atoms with E-state index in [0.29, 0.717) is 6.54 Å². The molecular weight excluding hydrogens is 306 g/mol. The van der Waals surface area contributed by atoms with Gasteiger partial charge in [-0.05, 0) is 53.6 Å². The minimum absolute atomic E-state index is 0.0252. The molecule has 0 unspecified atom stereocenters. The van der Waals surface area contributed by atoms with Crippen LogP contribution >= 0.6 is 11.6 Å². The van der Waals surface area contributed by atoms with E-state index in [1.54, 1.807) is 0 Å². The minimum Gasteiger partial charge on any atom is -0.352 e. The Bertz CT molecular complexity index is 673. The van der Waals surface area contributed by atoms with Gasteiger partial charge in [-0.3, -0.25) is 4.79 Å². The highest BCUT2D eigenvalue weighted by Crippen LogP contribution is 2.21. The molecule has 0 saturated carbocycles. The van der Waals surface area contributed by atoms with Crippen molar-refractivity contribution in [2.45, 2.75) is 33.6 Å². The molecule has 1 amide bonds. The lowest BCUT2D eigenvalue weighted by atomic mass is 9.87. The van der Waals surface area contributed by atoms with Gasteiger partial charge in [-0.25, -0.2) is 0 Å². The first-order chi connectivity index (χ1) is 10.8. The second-order valence-electron chi connectivity index (χ2n) is 7.07. The molecule has 23 heavy (non-hydrogen) atoms. The zero-order chi connectivity index (χ0) is 16.9. The van der Waals surface area contributed by atoms with Gasteiger partial charge in [0.15, 0.2) is 0 Å². The maximum atomic E-state index is 12.3. The lowest BCUT2D eigenvalue weighted by Gasteiger charge is -2.18. The molecule has 0 spiro atoms. The summed E-state index contributed by atoms with van der Waals surface area (Å²) in [5.41, 5.74) is 3.25. The predicted molar refractivity (Wildman–Crippen MR) is 97.1 cm³/mol. The van der Waals surface area contributed by atoms with E-state index in [2.05, 4.69) is 32.2 Å². The Morgan fingerprint density at radius 3 is 2.43 bits per heavy atom. The first-order valence-electron chi connectivity index (χ1n) is 7.95. The summed E-state index contributed by atoms with van der Waals surface area (Å²) in [6, 6.07) is 15.6. The summed E-state index contributed by atoms with van der Waals surface area (Å²) in [5, 5.41) is 3.70. The average molecular weight is 330 g/mol. The Morgan fingerprint density at radius 1 is 1.04 bits per heavy atom. The third-order valence-electron chi connectivity index (χ3n) is 3.51. The molecule has 0 aliphatic heterocycles. The highest BCUT2D eigenvalue weighted by molar-refractivity contribution is 6.30. The highest BCUT2D eigenvalue weighted by atomic mass is 35.5. The summed E-state index contributed by atoms with van der Waals surface area (Å²) in [6.45, 7) is 7.20. The number of amides is 1. The fourth-order valence-electron chi connectivity index (χ4n) is 2.55. The molecule has 0 aliphatic rings. The molecule has 0 heterocycles. The van der Waals surface area contributed by atoms with Crippen LogP contribution in [0.25, 0.3) is 0 Å². The van der Waals surface area contributed by atoms with Crippen LogP contribution in [-0.4, -0.2) is 12.5 Å². The van der Waals surface area contributed by atoms with Gasteiger partial charge in [0.2, 0.25) is 0 Å². The molecule has 2 rings (SSSR count). The normalized spacial score (nSPS) is 11.3. The Kier molecular flexibility index (Phi) is 5.84. The Hall–Kier alpha value is -1.80. The molecule has 0 fully saturated rings. The molecule has 0 bridgehead atoms. The zero-order valence-electron chi connectivity index (χ0n) is 14.0. The Labute approximate surface area is 143 Å². The Morgan fingerprint density at radius 2 is 1.74 bits per heavy atom. The lowest BCUT2D eigenvalue weighted by molar-refractivity contribution is 0.0954. The minimum atomic E-state index is -0.0252. The van der Waals surface area contributed by atoms with E-state index >= 15 is 0 Å². The van der Waals surface area contributed by atoms with Gasteiger partial charge in [0, 0.05) is 17.1 Å². The molecule has 2 aromatic carbocycles. The average Bonchev–Trinajstić information content (AvgIpc) is 2.45. The molecular formula is C20H24ClNO. The lowest BCUT2D eigenvalue weighted by Crippen LogP contribution is -2.25. The number of rotatable bonds is 5. The van der Waals surface area contributed by atoms with Crippen LogP contribution in [0.4, 0.5) is 0 Å². The number of halogens is 1. The van der Waals surface area contributed by atoms with Crippen LogP contribution in [0.3, 0.4) is 0 Å². The third-order valence-corrected chi connectivity index (χ3v) is 3.75. The van der Waals surface area contributed by atoms with Gasteiger partial charge in [0.1, 0.15) is 0 Å². The fraction of sp³-hybridized carbons (Fsp3) is 0.350. The van der Waals surface area contributed by atoms with Crippen LogP contribution < -0.4 is 5.32 Å². The number of carbonyl (C=O) groups is 1. The maximum Gasteiger partial charge on any atom is 0.251 e. The van der Waals surface area contributed by atoms with Gasteiger partial charge < -0.3 is 5.32 Å². The van der Waals surface area contributed by atoms with Crippen molar-refractivity contribution < 1.29 is 4.79 Å². The summed E-state index contributed by atoms with van der Waals surface area (Å²) in [6.07, 6.45) is 1.73. The first-order valence-corrected chi connectivity index (χ1v) is 8.33. The summed E-state index contributed by atoms with van der Waals surface area (Å²) >= 11 is 5.96. The van der Waals surface area contributed by atoms with Gasteiger partial charge >= 0.3 is 0 Å². The van der Waals surface area contributed by atoms with Crippen LogP contribution in [0, 0.1) is 5.41 Å². The van der Waals surface area contributed by atoms with Crippen molar-refractivity contribution in [3.8, 4) is 0 Å². The van der Waals surface area contributed by atoms with Gasteiger partial charge in [0.25, 0.3) is 5.91 Å². The Balaban J connectivity index is 1.92. The SMILES string of the molecule is CC(C)(C)Cc1cccc(C(=O)NCCc2cccc(Cl)c2)c1. The van der Waals surface area contributed by atoms with E-state index in [9.17, 15) is 4.79 Å². The molecule has 122 valence electrons. The van der Waals surface area contributed by atoms with Crippen molar-refractivity contribution in [2.24, 2.45) is 5.41 Å². The molecule has 1 N–H and O–H groups in total. The summed E-state index contributed by atoms with van der Waals surface area (Å²) in [4.78, 5) is 12.3. The fourth-order valence-corrected chi connectivity index (χ4v) is 2.76. The number of hydrogen-bond acceptors (Lipinski definition) is 1. The van der Waals surface area contributed by atoms with Crippen molar-refractivity contribution in [1.82, 2.24) is 5.32 Å². The van der Waals surface area contributed by atoms with Crippen LogP contribution in [0.2, 0.25) is 5.02 Å². The maximum absolute atomic E-state index is 12.3. The van der Waals surface area contributed by atoms with E-state index in [4.69, 9.17) is 11.6 Å². The van der Waals surface area contributed by atoms with Crippen molar-refractivity contribution >= 4 is 17.5 Å². The smallest absolute Gasteiger partial charge is 0.251 e. The number of carbonyl (C=O) groups excluding carboxylic acids is 1. The van der Waals surface area contributed by atoms with Crippen LogP contribution in [0.15, 0.2) is 48.5 Å². The number of nitrogens with one attached hydrogen (secondary N) is 1. The quantitative estimate of drug-likeness (QED) is 0.830. The molecule has 0 aliphatic carbocycles. The largest absolute Gasteiger partial charge is 0.352 e. The molecule has 0 radical (unpaired) electrons. The van der Waals surface area contributed by atoms with E-state index < -0.39 is 0 Å². The number of benzene rings is 2. The van der Waals surface area contributed by atoms with E-state index in [0.717, 1.165) is 29.0 Å². The monoisotopic (exact) mass is 329 g/mol. The van der Waals surface area contributed by atoms with E-state index in [1.807, 2.05) is 42.5 Å². The molecule has 0 saturated heterocycles. The summed E-state index contributed by atoms with van der Waals surface area (Å²) < 4.78 is 0. The summed E-state index contributed by atoms with van der Waals surface area (Å²) in [7, 11) is 0. The van der Waals surface area contributed by atoms with E-state index in [-0.39, 0.29) is 11.3 Å². The van der Waals surface area contributed by atoms with Crippen molar-refractivity contribution in [3.63, 3.8) is 0 Å². The standard InChI is InChI=1S/C20H24ClNO/c1-20(2,3)14-16-7-4-8-17(12-16)19(23)22-11-10-15-6-5-9-18(21)13-15/h4-9,12-13H,10-11,14H2,1-3H3,(H,22,23). The molecule has 2 nitrogen and oxygen atoms in total. The van der Waals surface area contributed by atoms with Crippen molar-refractivity contribution in [3.05, 3.63) is 70.2 Å². The van der Waals surface area contributed by atoms with Crippen LogP contribution in [0.5, 0.6) is 0 Å². The van der Waals surface area contributed by atoms with Crippen LogP contribution in [-0.2, 0) is 12.8 Å². The van der Waals surface area contributed by atoms with Gasteiger partial charge in [-0.15, -0.1) is 0 Å². The number of hydrogen-bond donors (Lipinski definition) is 1. The molecule has 0 atom stereocenters. The van der Waals surface area contributed by atoms with Gasteiger partial charge in [-0.2, -0.15) is 0 Å².